The molecular weight excluding hydrogens is 426 g/mol. The van der Waals surface area contributed by atoms with Gasteiger partial charge in [-0.1, -0.05) is 18.5 Å². The number of hydrogen-bond donors (Lipinski definition) is 2. The number of amides is 1. The molecule has 2 N–H and O–H groups in total. The fourth-order valence-corrected chi connectivity index (χ4v) is 6.95. The van der Waals surface area contributed by atoms with E-state index >= 15 is 0 Å². The minimum atomic E-state index is -0.510. The van der Waals surface area contributed by atoms with Gasteiger partial charge in [-0.2, -0.15) is 0 Å². The van der Waals surface area contributed by atoms with E-state index in [2.05, 4.69) is 17.1 Å². The molecule has 1 atom stereocenters. The maximum absolute atomic E-state index is 13.5. The zero-order chi connectivity index (χ0) is 22.7. The molecule has 0 radical (unpaired) electrons. The molecule has 4 aliphatic rings. The summed E-state index contributed by atoms with van der Waals surface area (Å²) in [5.74, 6) is 0.852. The van der Waals surface area contributed by atoms with Gasteiger partial charge < -0.3 is 15.0 Å². The highest BCUT2D eigenvalue weighted by Gasteiger charge is 2.49. The molecule has 4 fully saturated rings. The summed E-state index contributed by atoms with van der Waals surface area (Å²) in [4.78, 5) is 29.3. The van der Waals surface area contributed by atoms with Crippen molar-refractivity contribution in [3.8, 4) is 5.75 Å². The van der Waals surface area contributed by atoms with Crippen molar-refractivity contribution in [1.29, 1.82) is 0 Å². The second kappa shape index (κ2) is 8.07. The summed E-state index contributed by atoms with van der Waals surface area (Å²) >= 11 is 6.17. The molecule has 4 bridgehead atoms. The van der Waals surface area contributed by atoms with Crippen LogP contribution < -0.4 is 10.9 Å². The third kappa shape index (κ3) is 3.43. The van der Waals surface area contributed by atoms with Crippen LogP contribution in [0.4, 0.5) is 0 Å². The Labute approximate surface area is 193 Å². The number of benzene rings is 1. The fourth-order valence-electron chi connectivity index (χ4n) is 6.78. The Hall–Kier alpha value is -2.05. The number of hydrogen-bond acceptors (Lipinski definition) is 4. The van der Waals surface area contributed by atoms with Gasteiger partial charge in [0.25, 0.3) is 11.5 Å². The van der Waals surface area contributed by atoms with E-state index in [0.29, 0.717) is 28.0 Å². The molecule has 1 aromatic carbocycles. The van der Waals surface area contributed by atoms with Gasteiger partial charge in [0, 0.05) is 28.5 Å². The van der Waals surface area contributed by atoms with Crippen LogP contribution in [0.15, 0.2) is 23.0 Å². The SMILES string of the molecule is CCC(NC(=O)c1c(O)c2cc(Cl)ccc2n(C(C)C)c1=O)N1C2CC3CC(C2)CC1C3. The summed E-state index contributed by atoms with van der Waals surface area (Å²) in [7, 11) is 0. The van der Waals surface area contributed by atoms with Crippen LogP contribution in [0.3, 0.4) is 0 Å². The lowest BCUT2D eigenvalue weighted by Gasteiger charge is -2.58. The normalized spacial score (nSPS) is 27.9. The Balaban J connectivity index is 1.51. The zero-order valence-corrected chi connectivity index (χ0v) is 19.7. The van der Waals surface area contributed by atoms with Crippen LogP contribution in [0.1, 0.15) is 75.7 Å². The van der Waals surface area contributed by atoms with Gasteiger partial charge in [0.1, 0.15) is 11.3 Å². The second-order valence-corrected chi connectivity index (χ2v) is 10.7. The topological polar surface area (TPSA) is 74.6 Å². The van der Waals surface area contributed by atoms with Crippen molar-refractivity contribution in [3.63, 3.8) is 0 Å². The standard InChI is InChI=1S/C25H32ClN3O3/c1-4-21(29-17-8-14-7-15(10-17)11-18(29)9-14)27-24(31)22-23(30)19-12-16(26)5-6-20(19)28(13(2)3)25(22)32/h5-6,12-15,17-18,21,30H,4,7-11H2,1-3H3,(H,27,31). The maximum atomic E-state index is 13.5. The molecule has 0 spiro atoms. The average molecular weight is 458 g/mol. The number of carbonyl (C=O) groups is 1. The van der Waals surface area contributed by atoms with Crippen molar-refractivity contribution in [1.82, 2.24) is 14.8 Å². The summed E-state index contributed by atoms with van der Waals surface area (Å²) in [6.07, 6.45) is 6.81. The monoisotopic (exact) mass is 457 g/mol. The lowest BCUT2D eigenvalue weighted by Crippen LogP contribution is -2.64. The van der Waals surface area contributed by atoms with Crippen molar-refractivity contribution >= 4 is 28.4 Å². The average Bonchev–Trinajstić information content (AvgIpc) is 2.72. The number of carbonyl (C=O) groups excluding carboxylic acids is 1. The van der Waals surface area contributed by atoms with Gasteiger partial charge in [0.15, 0.2) is 0 Å². The number of nitrogens with zero attached hydrogens (tertiary/aromatic N) is 2. The first-order chi connectivity index (χ1) is 15.3. The van der Waals surface area contributed by atoms with Gasteiger partial charge in [-0.05, 0) is 82.4 Å². The summed E-state index contributed by atoms with van der Waals surface area (Å²) in [5.41, 5.74) is -0.100. The van der Waals surface area contributed by atoms with Gasteiger partial charge in [0.2, 0.25) is 0 Å². The number of aromatic hydroxyl groups is 1. The van der Waals surface area contributed by atoms with E-state index in [1.165, 1.54) is 32.1 Å². The molecule has 7 heteroatoms. The van der Waals surface area contributed by atoms with Crippen LogP contribution in [0.2, 0.25) is 5.02 Å². The van der Waals surface area contributed by atoms with E-state index < -0.39 is 11.5 Å². The van der Waals surface area contributed by atoms with Crippen LogP contribution in [0.25, 0.3) is 10.9 Å². The number of aromatic nitrogens is 1. The molecule has 1 aromatic heterocycles. The quantitative estimate of drug-likeness (QED) is 0.684. The third-order valence-electron chi connectivity index (χ3n) is 7.86. The lowest BCUT2D eigenvalue weighted by molar-refractivity contribution is -0.0875. The van der Waals surface area contributed by atoms with Crippen molar-refractivity contribution in [2.75, 3.05) is 0 Å². The molecule has 32 heavy (non-hydrogen) atoms. The maximum Gasteiger partial charge on any atom is 0.267 e. The summed E-state index contributed by atoms with van der Waals surface area (Å²) in [6, 6.07) is 5.86. The minimum absolute atomic E-state index is 0.140. The van der Waals surface area contributed by atoms with Crippen molar-refractivity contribution in [2.24, 2.45) is 11.8 Å². The second-order valence-electron chi connectivity index (χ2n) is 10.2. The number of fused-ring (bicyclic) bond motifs is 1. The fraction of sp³-hybridized carbons (Fsp3) is 0.600. The van der Waals surface area contributed by atoms with Crippen molar-refractivity contribution in [3.05, 3.63) is 39.1 Å². The first kappa shape index (κ1) is 21.8. The molecule has 1 amide bonds. The van der Waals surface area contributed by atoms with E-state index in [-0.39, 0.29) is 23.5 Å². The minimum Gasteiger partial charge on any atom is -0.506 e. The summed E-state index contributed by atoms with van der Waals surface area (Å²) in [5, 5.41) is 15.0. The van der Waals surface area contributed by atoms with Gasteiger partial charge in [0.05, 0.1) is 11.7 Å². The van der Waals surface area contributed by atoms with Crippen LogP contribution >= 0.6 is 11.6 Å². The first-order valence-corrected chi connectivity index (χ1v) is 12.3. The lowest BCUT2D eigenvalue weighted by atomic mass is 9.63. The summed E-state index contributed by atoms with van der Waals surface area (Å²) in [6.45, 7) is 5.86. The van der Waals surface area contributed by atoms with E-state index in [1.54, 1.807) is 22.8 Å². The molecule has 6 rings (SSSR count). The van der Waals surface area contributed by atoms with Crippen molar-refractivity contribution in [2.45, 2.75) is 83.6 Å². The number of pyridine rings is 1. The van der Waals surface area contributed by atoms with Crippen LogP contribution in [0.5, 0.6) is 5.75 Å². The summed E-state index contributed by atoms with van der Waals surface area (Å²) < 4.78 is 1.56. The van der Waals surface area contributed by atoms with Crippen LogP contribution in [0, 0.1) is 11.8 Å². The molecule has 2 aliphatic carbocycles. The molecule has 2 saturated carbocycles. The highest BCUT2D eigenvalue weighted by Crippen LogP contribution is 2.49. The molecule has 172 valence electrons. The molecule has 2 aliphatic heterocycles. The number of rotatable bonds is 5. The molecule has 2 saturated heterocycles. The number of piperidine rings is 2. The predicted molar refractivity (Wildman–Crippen MR) is 126 cm³/mol. The van der Waals surface area contributed by atoms with Crippen molar-refractivity contribution < 1.29 is 9.90 Å². The van der Waals surface area contributed by atoms with E-state index in [0.717, 1.165) is 18.3 Å². The molecule has 3 heterocycles. The van der Waals surface area contributed by atoms with Crippen LogP contribution in [-0.2, 0) is 0 Å². The Morgan fingerprint density at radius 1 is 1.16 bits per heavy atom. The molecule has 2 aromatic rings. The van der Waals surface area contributed by atoms with Gasteiger partial charge >= 0.3 is 0 Å². The van der Waals surface area contributed by atoms with Gasteiger partial charge in [-0.15, -0.1) is 0 Å². The zero-order valence-electron chi connectivity index (χ0n) is 19.0. The highest BCUT2D eigenvalue weighted by atomic mass is 35.5. The molecule has 6 nitrogen and oxygen atoms in total. The number of halogens is 1. The van der Waals surface area contributed by atoms with Gasteiger partial charge in [-0.25, -0.2) is 0 Å². The molecular formula is C25H32ClN3O3. The van der Waals surface area contributed by atoms with Gasteiger partial charge in [-0.3, -0.25) is 14.5 Å². The van der Waals surface area contributed by atoms with E-state index in [1.807, 2.05) is 13.8 Å². The van der Waals surface area contributed by atoms with E-state index in [4.69, 9.17) is 11.6 Å². The van der Waals surface area contributed by atoms with E-state index in [9.17, 15) is 14.7 Å². The Morgan fingerprint density at radius 3 is 2.34 bits per heavy atom. The van der Waals surface area contributed by atoms with Crippen LogP contribution in [-0.4, -0.2) is 38.7 Å². The predicted octanol–water partition coefficient (Wildman–Crippen LogP) is 4.67. The third-order valence-corrected chi connectivity index (χ3v) is 8.10. The first-order valence-electron chi connectivity index (χ1n) is 11.9. The Bertz CT molecular complexity index is 1100. The Kier molecular flexibility index (Phi) is 5.49. The smallest absolute Gasteiger partial charge is 0.267 e. The number of nitrogens with one attached hydrogen (secondary N) is 1. The highest BCUT2D eigenvalue weighted by molar-refractivity contribution is 6.31. The molecule has 1 unspecified atom stereocenters. The largest absolute Gasteiger partial charge is 0.506 e. The Morgan fingerprint density at radius 2 is 1.78 bits per heavy atom.